The number of aryl methyl sites for hydroxylation is 1. The number of hydrogen-bond acceptors (Lipinski definition) is 4. The van der Waals surface area contributed by atoms with Gasteiger partial charge < -0.3 is 4.90 Å². The van der Waals surface area contributed by atoms with E-state index < -0.39 is 0 Å². The highest BCUT2D eigenvalue weighted by molar-refractivity contribution is 5.88. The van der Waals surface area contributed by atoms with Crippen LogP contribution in [0.5, 0.6) is 0 Å². The van der Waals surface area contributed by atoms with E-state index in [1.54, 1.807) is 0 Å². The molecule has 5 heteroatoms. The predicted octanol–water partition coefficient (Wildman–Crippen LogP) is 2.65. The Balaban J connectivity index is 1.84. The first-order valence-corrected chi connectivity index (χ1v) is 7.66. The third-order valence-corrected chi connectivity index (χ3v) is 4.30. The van der Waals surface area contributed by atoms with Gasteiger partial charge >= 0.3 is 0 Å². The Morgan fingerprint density at radius 1 is 1.00 bits per heavy atom. The molecule has 1 aromatic carbocycles. The van der Waals surface area contributed by atoms with Crippen LogP contribution in [0.4, 0.5) is 5.69 Å². The topological polar surface area (TPSA) is 46.3 Å². The van der Waals surface area contributed by atoms with Crippen molar-refractivity contribution in [2.24, 2.45) is 4.99 Å². The molecule has 0 radical (unpaired) electrons. The zero-order valence-electron chi connectivity index (χ0n) is 12.3. The third-order valence-electron chi connectivity index (χ3n) is 4.30. The summed E-state index contributed by atoms with van der Waals surface area (Å²) in [5, 5.41) is 8.62. The van der Waals surface area contributed by atoms with Crippen LogP contribution in [0, 0.1) is 6.92 Å². The molecule has 0 unspecified atom stereocenters. The van der Waals surface area contributed by atoms with Crippen LogP contribution in [0.25, 0.3) is 5.69 Å². The van der Waals surface area contributed by atoms with Gasteiger partial charge in [-0.05, 0) is 38.3 Å². The summed E-state index contributed by atoms with van der Waals surface area (Å²) in [6.45, 7) is 4.21. The lowest BCUT2D eigenvalue weighted by molar-refractivity contribution is 0.338. The molecule has 21 heavy (non-hydrogen) atoms. The number of nitrogens with zero attached hydrogens (tertiary/aromatic N) is 5. The van der Waals surface area contributed by atoms with Crippen LogP contribution in [-0.2, 0) is 6.42 Å². The quantitative estimate of drug-likeness (QED) is 0.746. The summed E-state index contributed by atoms with van der Waals surface area (Å²) in [6, 6.07) is 8.26. The molecule has 1 saturated heterocycles. The van der Waals surface area contributed by atoms with E-state index in [0.717, 1.165) is 48.4 Å². The van der Waals surface area contributed by atoms with Crippen LogP contribution >= 0.6 is 0 Å². The Hall–Kier alpha value is -2.17. The van der Waals surface area contributed by atoms with Gasteiger partial charge in [-0.15, -0.1) is 10.2 Å². The standard InChI is InChI=1S/C16H19N5/c1-12-18-19-16-11-15(20-9-5-2-6-10-20)17-13-7-3-4-8-14(13)21(12)16/h3-4,7-8H,2,5-6,9-11H2,1H3. The molecule has 0 aliphatic carbocycles. The van der Waals surface area contributed by atoms with Crippen molar-refractivity contribution in [3.8, 4) is 5.69 Å². The van der Waals surface area contributed by atoms with Crippen molar-refractivity contribution >= 4 is 11.5 Å². The van der Waals surface area contributed by atoms with E-state index in [9.17, 15) is 0 Å². The van der Waals surface area contributed by atoms with Crippen molar-refractivity contribution < 1.29 is 0 Å². The Morgan fingerprint density at radius 3 is 2.67 bits per heavy atom. The van der Waals surface area contributed by atoms with Gasteiger partial charge in [-0.2, -0.15) is 0 Å². The summed E-state index contributed by atoms with van der Waals surface area (Å²) < 4.78 is 2.13. The fraction of sp³-hybridized carbons (Fsp3) is 0.438. The van der Waals surface area contributed by atoms with Gasteiger partial charge in [0, 0.05) is 13.1 Å². The van der Waals surface area contributed by atoms with Gasteiger partial charge in [0.2, 0.25) is 0 Å². The number of amidine groups is 1. The summed E-state index contributed by atoms with van der Waals surface area (Å²) in [6.07, 6.45) is 4.60. The van der Waals surface area contributed by atoms with Gasteiger partial charge in [-0.1, -0.05) is 12.1 Å². The molecule has 4 rings (SSSR count). The Labute approximate surface area is 124 Å². The zero-order chi connectivity index (χ0) is 14.2. The van der Waals surface area contributed by atoms with Gasteiger partial charge in [0.05, 0.1) is 17.8 Å². The zero-order valence-corrected chi connectivity index (χ0v) is 12.3. The lowest BCUT2D eigenvalue weighted by Crippen LogP contribution is -2.36. The largest absolute Gasteiger partial charge is 0.360 e. The van der Waals surface area contributed by atoms with Crippen LogP contribution in [-0.4, -0.2) is 38.6 Å². The second-order valence-electron chi connectivity index (χ2n) is 5.74. The fourth-order valence-corrected chi connectivity index (χ4v) is 3.24. The van der Waals surface area contributed by atoms with Gasteiger partial charge in [0.15, 0.2) is 0 Å². The number of aromatic nitrogens is 3. The molecular weight excluding hydrogens is 262 g/mol. The Bertz CT molecular complexity index is 694. The number of benzene rings is 1. The van der Waals surface area contributed by atoms with E-state index in [0.29, 0.717) is 0 Å². The molecule has 2 aliphatic heterocycles. The maximum atomic E-state index is 4.94. The fourth-order valence-electron chi connectivity index (χ4n) is 3.24. The predicted molar refractivity (Wildman–Crippen MR) is 82.3 cm³/mol. The highest BCUT2D eigenvalue weighted by Crippen LogP contribution is 2.29. The van der Waals surface area contributed by atoms with E-state index in [2.05, 4.69) is 31.8 Å². The van der Waals surface area contributed by atoms with Gasteiger partial charge in [-0.3, -0.25) is 4.57 Å². The van der Waals surface area contributed by atoms with Crippen LogP contribution in [0.2, 0.25) is 0 Å². The normalized spacial score (nSPS) is 17.8. The molecule has 108 valence electrons. The van der Waals surface area contributed by atoms with E-state index in [-0.39, 0.29) is 0 Å². The van der Waals surface area contributed by atoms with Crippen LogP contribution in [0.1, 0.15) is 30.9 Å². The maximum absolute atomic E-state index is 4.94. The molecular formula is C16H19N5. The van der Waals surface area contributed by atoms with Gasteiger partial charge in [0.25, 0.3) is 0 Å². The molecule has 0 N–H and O–H groups in total. The minimum absolute atomic E-state index is 0.759. The number of aliphatic imine (C=N–C) groups is 1. The van der Waals surface area contributed by atoms with Crippen molar-refractivity contribution in [1.29, 1.82) is 0 Å². The van der Waals surface area contributed by atoms with Crippen molar-refractivity contribution in [3.05, 3.63) is 35.9 Å². The molecule has 0 bridgehead atoms. The number of piperidine rings is 1. The lowest BCUT2D eigenvalue weighted by atomic mass is 10.1. The van der Waals surface area contributed by atoms with Crippen LogP contribution in [0.3, 0.4) is 0 Å². The molecule has 2 aromatic rings. The number of rotatable bonds is 0. The first kappa shape index (κ1) is 12.6. The first-order chi connectivity index (χ1) is 10.3. The minimum Gasteiger partial charge on any atom is -0.360 e. The highest BCUT2D eigenvalue weighted by Gasteiger charge is 2.23. The Kier molecular flexibility index (Phi) is 2.98. The van der Waals surface area contributed by atoms with Crippen LogP contribution < -0.4 is 0 Å². The molecule has 0 amide bonds. The molecule has 0 saturated carbocycles. The average molecular weight is 281 g/mol. The van der Waals surface area contributed by atoms with Gasteiger partial charge in [-0.25, -0.2) is 4.99 Å². The monoisotopic (exact) mass is 281 g/mol. The average Bonchev–Trinajstić information content (AvgIpc) is 2.80. The smallest absolute Gasteiger partial charge is 0.145 e. The highest BCUT2D eigenvalue weighted by atomic mass is 15.3. The number of para-hydroxylation sites is 2. The van der Waals surface area contributed by atoms with E-state index in [1.165, 1.54) is 19.3 Å². The molecule has 0 spiro atoms. The molecule has 2 aliphatic rings. The summed E-state index contributed by atoms with van der Waals surface area (Å²) in [4.78, 5) is 7.36. The Morgan fingerprint density at radius 2 is 1.81 bits per heavy atom. The summed E-state index contributed by atoms with van der Waals surface area (Å²) in [5.41, 5.74) is 2.10. The van der Waals surface area contributed by atoms with Crippen molar-refractivity contribution in [3.63, 3.8) is 0 Å². The van der Waals surface area contributed by atoms with Gasteiger partial charge in [0.1, 0.15) is 17.5 Å². The molecule has 1 aromatic heterocycles. The molecule has 5 nitrogen and oxygen atoms in total. The summed E-state index contributed by atoms with van der Waals surface area (Å²) in [5.74, 6) is 3.04. The minimum atomic E-state index is 0.759. The van der Waals surface area contributed by atoms with E-state index in [1.807, 2.05) is 19.1 Å². The van der Waals surface area contributed by atoms with E-state index in [4.69, 9.17) is 4.99 Å². The van der Waals surface area contributed by atoms with Crippen molar-refractivity contribution in [2.45, 2.75) is 32.6 Å². The third kappa shape index (κ3) is 2.13. The number of hydrogen-bond donors (Lipinski definition) is 0. The molecule has 1 fully saturated rings. The SMILES string of the molecule is Cc1nnc2n1-c1ccccc1N=C(N1CCCCC1)C2. The second-order valence-corrected chi connectivity index (χ2v) is 5.74. The molecule has 3 heterocycles. The second kappa shape index (κ2) is 4.98. The maximum Gasteiger partial charge on any atom is 0.145 e. The summed E-state index contributed by atoms with van der Waals surface area (Å²) >= 11 is 0. The lowest BCUT2D eigenvalue weighted by Gasteiger charge is -2.29. The van der Waals surface area contributed by atoms with E-state index >= 15 is 0 Å². The van der Waals surface area contributed by atoms with Crippen molar-refractivity contribution in [1.82, 2.24) is 19.7 Å². The summed E-state index contributed by atoms with van der Waals surface area (Å²) in [7, 11) is 0. The number of likely N-dealkylation sites (tertiary alicyclic amines) is 1. The van der Waals surface area contributed by atoms with Crippen molar-refractivity contribution in [2.75, 3.05) is 13.1 Å². The molecule has 0 atom stereocenters. The van der Waals surface area contributed by atoms with Crippen LogP contribution in [0.15, 0.2) is 29.3 Å². The first-order valence-electron chi connectivity index (χ1n) is 7.66. The number of fused-ring (bicyclic) bond motifs is 3.